The predicted molar refractivity (Wildman–Crippen MR) is 141 cm³/mol. The number of halogens is 3. The lowest BCUT2D eigenvalue weighted by atomic mass is 9.97. The molecule has 5 nitrogen and oxygen atoms in total. The van der Waals surface area contributed by atoms with Crippen molar-refractivity contribution < 1.29 is 13.2 Å². The Balaban J connectivity index is 0.00000111. The number of alkyl halides is 3. The zero-order valence-electron chi connectivity index (χ0n) is 22.3. The van der Waals surface area contributed by atoms with Crippen LogP contribution in [0.5, 0.6) is 0 Å². The molecule has 0 saturated heterocycles. The molecule has 194 valence electrons. The van der Waals surface area contributed by atoms with Crippen molar-refractivity contribution in [2.75, 3.05) is 11.9 Å². The molecule has 2 aromatic heterocycles. The lowest BCUT2D eigenvalue weighted by Crippen LogP contribution is -2.32. The van der Waals surface area contributed by atoms with Crippen molar-refractivity contribution in [2.45, 2.75) is 93.2 Å². The molecular weight excluding hydrogens is 451 g/mol. The molecule has 0 bridgehead atoms. The first-order valence-electron chi connectivity index (χ1n) is 12.2. The Kier molecular flexibility index (Phi) is 12.6. The van der Waals surface area contributed by atoms with Crippen molar-refractivity contribution in [3.05, 3.63) is 47.1 Å². The first-order valence-corrected chi connectivity index (χ1v) is 12.2. The summed E-state index contributed by atoms with van der Waals surface area (Å²) in [6.45, 7) is 15.3. The summed E-state index contributed by atoms with van der Waals surface area (Å²) >= 11 is 0. The summed E-state index contributed by atoms with van der Waals surface area (Å²) in [5.74, 6) is 0.450. The van der Waals surface area contributed by atoms with Crippen molar-refractivity contribution in [3.8, 4) is 0 Å². The van der Waals surface area contributed by atoms with Crippen molar-refractivity contribution in [1.29, 1.82) is 0 Å². The molecule has 1 unspecified atom stereocenters. The number of rotatable bonds is 10. The first kappa shape index (κ1) is 30.3. The van der Waals surface area contributed by atoms with Gasteiger partial charge in [-0.25, -0.2) is 23.1 Å². The quantitative estimate of drug-likeness (QED) is 0.342. The maximum absolute atomic E-state index is 14.8. The number of hydrogen-bond donors (Lipinski definition) is 1. The van der Waals surface area contributed by atoms with Crippen molar-refractivity contribution in [1.82, 2.24) is 15.0 Å². The van der Waals surface area contributed by atoms with Gasteiger partial charge in [-0.05, 0) is 59.6 Å². The van der Waals surface area contributed by atoms with E-state index in [0.717, 1.165) is 46.0 Å². The Bertz CT molecular complexity index is 1000. The molecule has 0 aliphatic heterocycles. The lowest BCUT2D eigenvalue weighted by molar-refractivity contribution is 0.144. The molecule has 0 amide bonds. The van der Waals surface area contributed by atoms with Gasteiger partial charge in [-0.3, -0.25) is 9.98 Å². The molecule has 2 rings (SSSR count). The summed E-state index contributed by atoms with van der Waals surface area (Å²) in [7, 11) is 0. The minimum atomic E-state index is -2.12. The third-order valence-electron chi connectivity index (χ3n) is 5.44. The highest BCUT2D eigenvalue weighted by molar-refractivity contribution is 5.83. The molecule has 35 heavy (non-hydrogen) atoms. The molecule has 0 spiro atoms. The molecule has 8 heteroatoms. The van der Waals surface area contributed by atoms with Gasteiger partial charge in [-0.2, -0.15) is 0 Å². The van der Waals surface area contributed by atoms with E-state index < -0.39 is 12.1 Å². The van der Waals surface area contributed by atoms with Gasteiger partial charge in [0, 0.05) is 29.5 Å². The predicted octanol–water partition coefficient (Wildman–Crippen LogP) is 8.04. The zero-order chi connectivity index (χ0) is 26.6. The van der Waals surface area contributed by atoms with Gasteiger partial charge in [-0.15, -0.1) is 0 Å². The molecule has 1 N–H and O–H groups in total. The summed E-state index contributed by atoms with van der Waals surface area (Å²) in [5.41, 5.74) is 5.06. The van der Waals surface area contributed by atoms with Crippen LogP contribution in [0.3, 0.4) is 0 Å². The van der Waals surface area contributed by atoms with Crippen LogP contribution in [0.15, 0.2) is 29.4 Å². The van der Waals surface area contributed by atoms with Crippen LogP contribution in [0.1, 0.15) is 89.9 Å². The highest BCUT2D eigenvalue weighted by atomic mass is 19.3. The van der Waals surface area contributed by atoms with Gasteiger partial charge in [0.1, 0.15) is 5.67 Å². The smallest absolute Gasteiger partial charge is 0.238 e. The third kappa shape index (κ3) is 9.78. The van der Waals surface area contributed by atoms with Crippen molar-refractivity contribution >= 4 is 22.9 Å². The average Bonchev–Trinajstić information content (AvgIpc) is 2.81. The van der Waals surface area contributed by atoms with E-state index in [-0.39, 0.29) is 13.0 Å². The van der Waals surface area contributed by atoms with Crippen LogP contribution in [0, 0.1) is 13.8 Å². The van der Waals surface area contributed by atoms with Gasteiger partial charge in [0.25, 0.3) is 0 Å². The van der Waals surface area contributed by atoms with Crippen LogP contribution >= 0.6 is 0 Å². The average molecular weight is 492 g/mol. The summed E-state index contributed by atoms with van der Waals surface area (Å²) < 4.78 is 36.3. The van der Waals surface area contributed by atoms with E-state index in [1.54, 1.807) is 6.20 Å². The fourth-order valence-corrected chi connectivity index (χ4v) is 3.40. The van der Waals surface area contributed by atoms with Gasteiger partial charge in [0.15, 0.2) is 0 Å². The highest BCUT2D eigenvalue weighted by Gasteiger charge is 2.26. The number of aromatic nitrogens is 3. The summed E-state index contributed by atoms with van der Waals surface area (Å²) in [6, 6.07) is 3.96. The number of pyridine rings is 1. The molecule has 0 fully saturated rings. The number of aryl methyl sites for hydroxylation is 2. The molecule has 0 aliphatic rings. The van der Waals surface area contributed by atoms with Gasteiger partial charge in [0.05, 0.1) is 29.3 Å². The number of anilines is 1. The second-order valence-corrected chi connectivity index (χ2v) is 8.66. The summed E-state index contributed by atoms with van der Waals surface area (Å²) in [5, 5.41) is 3.07. The second-order valence-electron chi connectivity index (χ2n) is 8.66. The van der Waals surface area contributed by atoms with Crippen LogP contribution in [-0.4, -0.2) is 39.3 Å². The number of allylic oxidation sites excluding steroid dienone is 1. The molecule has 2 heterocycles. The zero-order valence-corrected chi connectivity index (χ0v) is 22.3. The van der Waals surface area contributed by atoms with Crippen LogP contribution < -0.4 is 5.32 Å². The SMILES string of the molecule is C/C=C(/c1ccc(N=C(C)C)c(C)n1)c1cnc(NCC(F)(CC)CCC)nc1C.CCC(F)F. The van der Waals surface area contributed by atoms with E-state index in [4.69, 9.17) is 4.98 Å². The van der Waals surface area contributed by atoms with E-state index >= 15 is 0 Å². The fourth-order valence-electron chi connectivity index (χ4n) is 3.40. The Morgan fingerprint density at radius 2 is 1.77 bits per heavy atom. The summed E-state index contributed by atoms with van der Waals surface area (Å²) in [6.07, 6.45) is 3.46. The largest absolute Gasteiger partial charge is 0.351 e. The Labute approximate surface area is 208 Å². The lowest BCUT2D eigenvalue weighted by Gasteiger charge is -2.23. The van der Waals surface area contributed by atoms with E-state index in [9.17, 15) is 13.2 Å². The maximum atomic E-state index is 14.8. The molecule has 2 aromatic rings. The normalized spacial score (nSPS) is 13.1. The van der Waals surface area contributed by atoms with Crippen LogP contribution in [0.25, 0.3) is 5.57 Å². The molecular formula is C27H40F3N5. The highest BCUT2D eigenvalue weighted by Crippen LogP contribution is 2.28. The van der Waals surface area contributed by atoms with Gasteiger partial charge < -0.3 is 5.32 Å². The summed E-state index contributed by atoms with van der Waals surface area (Å²) in [4.78, 5) is 18.3. The molecule has 0 aromatic carbocycles. The molecule has 1 atom stereocenters. The van der Waals surface area contributed by atoms with E-state index in [0.29, 0.717) is 18.8 Å². The fraction of sp³-hybridized carbons (Fsp3) is 0.556. The van der Waals surface area contributed by atoms with Crippen LogP contribution in [0.4, 0.5) is 24.8 Å². The minimum Gasteiger partial charge on any atom is -0.351 e. The van der Waals surface area contributed by atoms with E-state index in [2.05, 4.69) is 20.3 Å². The van der Waals surface area contributed by atoms with E-state index in [1.807, 2.05) is 66.7 Å². The number of nitrogens with one attached hydrogen (secondary N) is 1. The topological polar surface area (TPSA) is 63.1 Å². The maximum Gasteiger partial charge on any atom is 0.238 e. The number of aliphatic imine (C=N–C) groups is 1. The van der Waals surface area contributed by atoms with Crippen LogP contribution in [-0.2, 0) is 0 Å². The second kappa shape index (κ2) is 14.6. The van der Waals surface area contributed by atoms with Crippen molar-refractivity contribution in [3.63, 3.8) is 0 Å². The molecule has 0 saturated carbocycles. The molecule has 0 aliphatic carbocycles. The standard InChI is InChI=1S/C24H34FN5.C3H6F2/c1-8-13-24(25,10-3)15-27-23-26-14-20(17(6)30-23)19(9-2)22-12-11-21(18(7)29-22)28-16(4)5;1-2-3(4)5/h9,11-12,14H,8,10,13,15H2,1-7H3,(H,26,27,30);3H,2H2,1H3/b19-9+;. The first-order chi connectivity index (χ1) is 16.5. The number of hydrogen-bond acceptors (Lipinski definition) is 5. The van der Waals surface area contributed by atoms with Crippen LogP contribution in [0.2, 0.25) is 0 Å². The monoisotopic (exact) mass is 491 g/mol. The Hall–Kier alpha value is -2.77. The van der Waals surface area contributed by atoms with Crippen molar-refractivity contribution in [2.24, 2.45) is 4.99 Å². The van der Waals surface area contributed by atoms with Gasteiger partial charge >= 0.3 is 0 Å². The Morgan fingerprint density at radius 3 is 2.23 bits per heavy atom. The minimum absolute atomic E-state index is 0.0278. The molecule has 0 radical (unpaired) electrons. The van der Waals surface area contributed by atoms with E-state index in [1.165, 1.54) is 6.92 Å². The van der Waals surface area contributed by atoms with Gasteiger partial charge in [-0.1, -0.05) is 33.3 Å². The third-order valence-corrected chi connectivity index (χ3v) is 5.44. The Morgan fingerprint density at radius 1 is 1.11 bits per heavy atom. The van der Waals surface area contributed by atoms with Gasteiger partial charge in [0.2, 0.25) is 12.4 Å². The number of nitrogens with zero attached hydrogens (tertiary/aromatic N) is 4.